The number of hydrogen-bond acceptors (Lipinski definition) is 4. The highest BCUT2D eigenvalue weighted by atomic mass is 35.5. The number of halogens is 1. The predicted molar refractivity (Wildman–Crippen MR) is 84.2 cm³/mol. The number of rotatable bonds is 7. The molecule has 6 heteroatoms. The summed E-state index contributed by atoms with van der Waals surface area (Å²) >= 11 is 6.30. The molecule has 0 spiro atoms. The Labute approximate surface area is 129 Å². The van der Waals surface area contributed by atoms with Crippen molar-refractivity contribution in [1.29, 1.82) is 0 Å². The lowest BCUT2D eigenvalue weighted by Gasteiger charge is -2.33. The van der Waals surface area contributed by atoms with Crippen molar-refractivity contribution < 1.29 is 14.6 Å². The van der Waals surface area contributed by atoms with E-state index in [4.69, 9.17) is 22.1 Å². The Hall–Kier alpha value is -1.46. The number of carbonyl (C=O) groups is 1. The van der Waals surface area contributed by atoms with Crippen LogP contribution in [0.15, 0.2) is 12.1 Å². The molecule has 1 aromatic rings. The lowest BCUT2D eigenvalue weighted by atomic mass is 10.1. The molecule has 0 radical (unpaired) electrons. The third-order valence-corrected chi connectivity index (χ3v) is 4.22. The number of methoxy groups -OCH3 is 1. The molecule has 1 aromatic carbocycles. The first-order valence-electron chi connectivity index (χ1n) is 7.03. The van der Waals surface area contributed by atoms with Gasteiger partial charge >= 0.3 is 5.97 Å². The summed E-state index contributed by atoms with van der Waals surface area (Å²) in [7, 11) is 1.63. The van der Waals surface area contributed by atoms with Gasteiger partial charge in [-0.2, -0.15) is 0 Å². The van der Waals surface area contributed by atoms with E-state index in [0.29, 0.717) is 35.5 Å². The minimum Gasteiger partial charge on any atom is -0.478 e. The summed E-state index contributed by atoms with van der Waals surface area (Å²) in [6, 6.07) is 3.28. The fraction of sp³-hybridized carbons (Fsp3) is 0.533. The normalized spacial score (nSPS) is 15.8. The molecule has 3 N–H and O–H groups in total. The van der Waals surface area contributed by atoms with Crippen LogP contribution in [0.25, 0.3) is 0 Å². The number of hydrogen-bond donors (Lipinski definition) is 2. The molecule has 1 saturated carbocycles. The van der Waals surface area contributed by atoms with Crippen LogP contribution in [-0.2, 0) is 4.74 Å². The second kappa shape index (κ2) is 6.54. The molecule has 0 heterocycles. The fourth-order valence-electron chi connectivity index (χ4n) is 2.62. The fourth-order valence-corrected chi connectivity index (χ4v) is 2.95. The Morgan fingerprint density at radius 3 is 2.76 bits per heavy atom. The van der Waals surface area contributed by atoms with Crippen LogP contribution in [0.4, 0.5) is 11.4 Å². The van der Waals surface area contributed by atoms with Crippen LogP contribution < -0.4 is 10.6 Å². The van der Waals surface area contributed by atoms with E-state index in [-0.39, 0.29) is 11.6 Å². The van der Waals surface area contributed by atoms with Gasteiger partial charge in [-0.1, -0.05) is 11.6 Å². The van der Waals surface area contributed by atoms with E-state index in [9.17, 15) is 9.90 Å². The van der Waals surface area contributed by atoms with Gasteiger partial charge in [0.1, 0.15) is 0 Å². The van der Waals surface area contributed by atoms with Crippen molar-refractivity contribution in [3.63, 3.8) is 0 Å². The third-order valence-electron chi connectivity index (χ3n) is 3.94. The largest absolute Gasteiger partial charge is 0.478 e. The van der Waals surface area contributed by atoms with Gasteiger partial charge in [0.05, 0.1) is 22.9 Å². The summed E-state index contributed by atoms with van der Waals surface area (Å²) < 4.78 is 5.15. The number of nitrogens with zero attached hydrogens (tertiary/aromatic N) is 1. The summed E-state index contributed by atoms with van der Waals surface area (Å²) in [5.74, 6) is -0.443. The first-order valence-corrected chi connectivity index (χ1v) is 7.41. The van der Waals surface area contributed by atoms with Gasteiger partial charge in [-0.3, -0.25) is 0 Å². The average molecular weight is 313 g/mol. The maximum absolute atomic E-state index is 11.5. The summed E-state index contributed by atoms with van der Waals surface area (Å²) in [4.78, 5) is 13.6. The maximum atomic E-state index is 11.5. The number of nitrogen functional groups attached to an aromatic ring is 1. The number of carboxylic acids is 1. The van der Waals surface area contributed by atoms with Gasteiger partial charge in [-0.05, 0) is 37.8 Å². The zero-order valence-electron chi connectivity index (χ0n) is 12.3. The molecule has 1 aliphatic carbocycles. The molecule has 0 aromatic heterocycles. The Morgan fingerprint density at radius 2 is 2.24 bits per heavy atom. The smallest absolute Gasteiger partial charge is 0.337 e. The van der Waals surface area contributed by atoms with E-state index in [1.165, 1.54) is 18.9 Å². The monoisotopic (exact) mass is 312 g/mol. The molecular weight excluding hydrogens is 292 g/mol. The minimum atomic E-state index is -1.02. The van der Waals surface area contributed by atoms with Crippen LogP contribution in [0, 0.1) is 5.92 Å². The summed E-state index contributed by atoms with van der Waals surface area (Å²) in [6.07, 6.45) is 2.33. The van der Waals surface area contributed by atoms with Crippen LogP contribution in [0.2, 0.25) is 5.02 Å². The Balaban J connectivity index is 2.44. The molecule has 116 valence electrons. The molecule has 1 unspecified atom stereocenters. The van der Waals surface area contributed by atoms with Crippen molar-refractivity contribution in [2.24, 2.45) is 5.92 Å². The summed E-state index contributed by atoms with van der Waals surface area (Å²) in [6.45, 7) is 3.21. The van der Waals surface area contributed by atoms with Gasteiger partial charge in [-0.25, -0.2) is 4.79 Å². The zero-order valence-corrected chi connectivity index (χ0v) is 13.1. The van der Waals surface area contributed by atoms with Crippen molar-refractivity contribution in [2.75, 3.05) is 30.9 Å². The molecule has 21 heavy (non-hydrogen) atoms. The van der Waals surface area contributed by atoms with E-state index in [0.717, 1.165) is 0 Å². The minimum absolute atomic E-state index is 0.142. The third kappa shape index (κ3) is 3.60. The molecule has 1 fully saturated rings. The van der Waals surface area contributed by atoms with Crippen LogP contribution in [-0.4, -0.2) is 37.4 Å². The van der Waals surface area contributed by atoms with Gasteiger partial charge in [0, 0.05) is 25.4 Å². The van der Waals surface area contributed by atoms with Crippen molar-refractivity contribution in [3.05, 3.63) is 22.7 Å². The van der Waals surface area contributed by atoms with Crippen molar-refractivity contribution >= 4 is 28.9 Å². The maximum Gasteiger partial charge on any atom is 0.337 e. The van der Waals surface area contributed by atoms with Crippen LogP contribution in [0.1, 0.15) is 30.1 Å². The van der Waals surface area contributed by atoms with Crippen molar-refractivity contribution in [3.8, 4) is 0 Å². The highest BCUT2D eigenvalue weighted by molar-refractivity contribution is 6.34. The van der Waals surface area contributed by atoms with Gasteiger partial charge in [0.15, 0.2) is 0 Å². The molecule has 5 nitrogen and oxygen atoms in total. The number of ether oxygens (including phenoxy) is 1. The van der Waals surface area contributed by atoms with Crippen LogP contribution in [0.3, 0.4) is 0 Å². The quantitative estimate of drug-likeness (QED) is 0.757. The summed E-state index contributed by atoms with van der Waals surface area (Å²) in [5, 5.41) is 9.82. The van der Waals surface area contributed by atoms with Crippen molar-refractivity contribution in [2.45, 2.75) is 25.8 Å². The Morgan fingerprint density at radius 1 is 1.57 bits per heavy atom. The van der Waals surface area contributed by atoms with Crippen LogP contribution in [0.5, 0.6) is 0 Å². The molecule has 0 saturated heterocycles. The lowest BCUT2D eigenvalue weighted by molar-refractivity contribution is 0.0697. The highest BCUT2D eigenvalue weighted by Gasteiger charge is 2.34. The van der Waals surface area contributed by atoms with E-state index in [2.05, 4.69) is 6.92 Å². The Bertz CT molecular complexity index is 532. The first-order chi connectivity index (χ1) is 9.95. The Kier molecular flexibility index (Phi) is 4.96. The zero-order chi connectivity index (χ0) is 15.6. The topological polar surface area (TPSA) is 75.8 Å². The van der Waals surface area contributed by atoms with Gasteiger partial charge in [0.2, 0.25) is 0 Å². The number of anilines is 2. The molecule has 0 amide bonds. The van der Waals surface area contributed by atoms with E-state index in [1.54, 1.807) is 13.2 Å². The van der Waals surface area contributed by atoms with Gasteiger partial charge in [0.25, 0.3) is 0 Å². The molecule has 1 atom stereocenters. The van der Waals surface area contributed by atoms with Gasteiger partial charge < -0.3 is 20.5 Å². The molecular formula is C15H21ClN2O3. The first kappa shape index (κ1) is 15.9. The SMILES string of the molecule is COCCN(c1c(Cl)cc(N)cc1C(=O)O)C(C)C1CC1. The van der Waals surface area contributed by atoms with E-state index >= 15 is 0 Å². The molecule has 0 aliphatic heterocycles. The molecule has 2 rings (SSSR count). The second-order valence-corrected chi connectivity index (χ2v) is 5.88. The van der Waals surface area contributed by atoms with Gasteiger partial charge in [-0.15, -0.1) is 0 Å². The molecule has 1 aliphatic rings. The van der Waals surface area contributed by atoms with E-state index < -0.39 is 5.97 Å². The lowest BCUT2D eigenvalue weighted by Crippen LogP contribution is -2.38. The molecule has 0 bridgehead atoms. The highest BCUT2D eigenvalue weighted by Crippen LogP contribution is 2.40. The predicted octanol–water partition coefficient (Wildman–Crippen LogP) is 2.87. The second-order valence-electron chi connectivity index (χ2n) is 5.47. The van der Waals surface area contributed by atoms with E-state index in [1.807, 2.05) is 4.90 Å². The van der Waals surface area contributed by atoms with Crippen molar-refractivity contribution in [1.82, 2.24) is 0 Å². The number of nitrogens with two attached hydrogens (primary N) is 1. The number of aromatic carboxylic acids is 1. The standard InChI is InChI=1S/C15H21ClN2O3/c1-9(10-3-4-10)18(5-6-21-2)14-12(15(19)20)7-11(17)8-13(14)16/h7-10H,3-6,17H2,1-2H3,(H,19,20). The number of carboxylic acid groups (broad SMARTS) is 1. The number of benzene rings is 1. The summed E-state index contributed by atoms with van der Waals surface area (Å²) in [5.41, 5.74) is 6.76. The average Bonchev–Trinajstić information content (AvgIpc) is 3.24. The van der Waals surface area contributed by atoms with Crippen LogP contribution >= 0.6 is 11.6 Å².